The topological polar surface area (TPSA) is 80.8 Å². The van der Waals surface area contributed by atoms with Gasteiger partial charge >= 0.3 is 0 Å². The van der Waals surface area contributed by atoms with E-state index in [-0.39, 0.29) is 12.6 Å². The van der Waals surface area contributed by atoms with Crippen LogP contribution in [0.1, 0.15) is 38.2 Å². The highest BCUT2D eigenvalue weighted by molar-refractivity contribution is 7.87. The van der Waals surface area contributed by atoms with E-state index in [1.54, 1.807) is 25.4 Å². The van der Waals surface area contributed by atoms with Crippen LogP contribution in [0.25, 0.3) is 0 Å². The van der Waals surface area contributed by atoms with Gasteiger partial charge in [-0.3, -0.25) is 0 Å². The average Bonchev–Trinajstić information content (AvgIpc) is 2.60. The van der Waals surface area contributed by atoms with Crippen LogP contribution in [-0.2, 0) is 21.5 Å². The number of nitrogens with zero attached hydrogens (tertiary/aromatic N) is 2. The molecule has 1 aliphatic carbocycles. The van der Waals surface area contributed by atoms with Crippen molar-refractivity contribution in [3.05, 3.63) is 23.9 Å². The third-order valence-corrected chi connectivity index (χ3v) is 6.04. The van der Waals surface area contributed by atoms with Crippen LogP contribution < -0.4 is 9.46 Å². The highest BCUT2D eigenvalue weighted by Crippen LogP contribution is 2.26. The fourth-order valence-electron chi connectivity index (χ4n) is 2.77. The lowest BCUT2D eigenvalue weighted by atomic mass is 9.89. The Labute approximate surface area is 150 Å². The molecule has 0 radical (unpaired) electrons. The molecule has 0 aromatic carbocycles. The predicted molar refractivity (Wildman–Crippen MR) is 96.6 cm³/mol. The first-order chi connectivity index (χ1) is 11.9. The lowest BCUT2D eigenvalue weighted by molar-refractivity contribution is 0.130. The number of ether oxygens (including phenoxy) is 2. The number of rotatable bonds is 9. The molecule has 0 saturated heterocycles. The van der Waals surface area contributed by atoms with E-state index in [0.717, 1.165) is 24.3 Å². The number of likely N-dealkylation sites (N-methyl/N-ethyl adjacent to an activating group) is 1. The van der Waals surface area contributed by atoms with Gasteiger partial charge in [0.1, 0.15) is 6.10 Å². The minimum atomic E-state index is -3.53. The van der Waals surface area contributed by atoms with Crippen molar-refractivity contribution in [2.24, 2.45) is 5.92 Å². The summed E-state index contributed by atoms with van der Waals surface area (Å²) >= 11 is 0. The second kappa shape index (κ2) is 9.47. The summed E-state index contributed by atoms with van der Waals surface area (Å²) in [6.07, 6.45) is 6.30. The minimum Gasteiger partial charge on any atom is -0.474 e. The predicted octanol–water partition coefficient (Wildman–Crippen LogP) is 1.95. The number of pyridine rings is 1. The Hall–Kier alpha value is -1.22. The van der Waals surface area contributed by atoms with E-state index >= 15 is 0 Å². The van der Waals surface area contributed by atoms with Crippen molar-refractivity contribution >= 4 is 10.2 Å². The van der Waals surface area contributed by atoms with Crippen LogP contribution in [0.3, 0.4) is 0 Å². The first-order valence-corrected chi connectivity index (χ1v) is 10.2. The van der Waals surface area contributed by atoms with Gasteiger partial charge in [-0.1, -0.05) is 6.92 Å². The lowest BCUT2D eigenvalue weighted by Crippen LogP contribution is -2.39. The van der Waals surface area contributed by atoms with Gasteiger partial charge in [-0.15, -0.1) is 0 Å². The zero-order chi connectivity index (χ0) is 18.3. The second-order valence-corrected chi connectivity index (χ2v) is 8.50. The molecule has 0 atom stereocenters. The van der Waals surface area contributed by atoms with E-state index in [0.29, 0.717) is 19.0 Å². The Morgan fingerprint density at radius 2 is 2.04 bits per heavy atom. The molecule has 1 aliphatic rings. The summed E-state index contributed by atoms with van der Waals surface area (Å²) in [6.45, 7) is 3.12. The number of nitrogens with one attached hydrogen (secondary N) is 1. The minimum absolute atomic E-state index is 0.195. The van der Waals surface area contributed by atoms with Crippen molar-refractivity contribution in [2.45, 2.75) is 45.3 Å². The molecule has 1 N–H and O–H groups in total. The van der Waals surface area contributed by atoms with Gasteiger partial charge in [-0.05, 0) is 43.2 Å². The van der Waals surface area contributed by atoms with Gasteiger partial charge in [-0.2, -0.15) is 17.4 Å². The molecular formula is C17H29N3O4S. The Morgan fingerprint density at radius 3 is 2.72 bits per heavy atom. The van der Waals surface area contributed by atoms with Crippen molar-refractivity contribution in [2.75, 3.05) is 27.3 Å². The number of aromatic nitrogens is 1. The number of hydrogen-bond acceptors (Lipinski definition) is 5. The first-order valence-electron chi connectivity index (χ1n) is 8.72. The number of hydrogen-bond donors (Lipinski definition) is 1. The molecule has 1 fully saturated rings. The standard InChI is InChI=1S/C17H29N3O4S/c1-14-4-6-16(7-5-14)24-17-12-15(8-9-18-17)13-19-25(21,22)20(2)10-11-23-3/h8-9,12,14,16,19H,4-7,10-11,13H2,1-3H3. The molecule has 0 amide bonds. The Kier molecular flexibility index (Phi) is 7.61. The molecular weight excluding hydrogens is 342 g/mol. The Morgan fingerprint density at radius 1 is 1.32 bits per heavy atom. The molecule has 1 saturated carbocycles. The maximum Gasteiger partial charge on any atom is 0.279 e. The molecule has 1 heterocycles. The maximum absolute atomic E-state index is 12.2. The molecule has 2 rings (SSSR count). The molecule has 1 aromatic heterocycles. The normalized spacial score (nSPS) is 21.4. The molecule has 7 nitrogen and oxygen atoms in total. The Bertz CT molecular complexity index is 631. The van der Waals surface area contributed by atoms with E-state index in [1.807, 2.05) is 0 Å². The van der Waals surface area contributed by atoms with Crippen LogP contribution in [0.5, 0.6) is 5.88 Å². The lowest BCUT2D eigenvalue weighted by Gasteiger charge is -2.26. The molecule has 0 aliphatic heterocycles. The summed E-state index contributed by atoms with van der Waals surface area (Å²) in [5.41, 5.74) is 0.817. The van der Waals surface area contributed by atoms with Crippen molar-refractivity contribution < 1.29 is 17.9 Å². The van der Waals surface area contributed by atoms with Crippen LogP contribution in [0.15, 0.2) is 18.3 Å². The highest BCUT2D eigenvalue weighted by atomic mass is 32.2. The van der Waals surface area contributed by atoms with Gasteiger partial charge in [0.15, 0.2) is 0 Å². The van der Waals surface area contributed by atoms with Gasteiger partial charge in [0, 0.05) is 39.5 Å². The highest BCUT2D eigenvalue weighted by Gasteiger charge is 2.20. The molecule has 142 valence electrons. The molecule has 8 heteroatoms. The molecule has 0 bridgehead atoms. The maximum atomic E-state index is 12.2. The molecule has 25 heavy (non-hydrogen) atoms. The molecule has 0 unspecified atom stereocenters. The summed E-state index contributed by atoms with van der Waals surface area (Å²) < 4.78 is 39.0. The van der Waals surface area contributed by atoms with E-state index in [9.17, 15) is 8.42 Å². The van der Waals surface area contributed by atoms with Crippen molar-refractivity contribution in [3.63, 3.8) is 0 Å². The van der Waals surface area contributed by atoms with E-state index in [4.69, 9.17) is 9.47 Å². The van der Waals surface area contributed by atoms with Gasteiger partial charge in [0.2, 0.25) is 5.88 Å². The van der Waals surface area contributed by atoms with Crippen molar-refractivity contribution in [3.8, 4) is 5.88 Å². The summed E-state index contributed by atoms with van der Waals surface area (Å²) in [5, 5.41) is 0. The van der Waals surface area contributed by atoms with Crippen LogP contribution >= 0.6 is 0 Å². The SMILES string of the molecule is COCCN(C)S(=O)(=O)NCc1ccnc(OC2CCC(C)CC2)c1. The average molecular weight is 372 g/mol. The molecule has 0 spiro atoms. The summed E-state index contributed by atoms with van der Waals surface area (Å²) in [5.74, 6) is 1.33. The van der Waals surface area contributed by atoms with Gasteiger partial charge < -0.3 is 9.47 Å². The zero-order valence-electron chi connectivity index (χ0n) is 15.3. The fourth-order valence-corrected chi connectivity index (χ4v) is 3.65. The van der Waals surface area contributed by atoms with Gasteiger partial charge in [-0.25, -0.2) is 4.98 Å². The van der Waals surface area contributed by atoms with Gasteiger partial charge in [0.05, 0.1) is 6.61 Å². The quantitative estimate of drug-likeness (QED) is 0.718. The zero-order valence-corrected chi connectivity index (χ0v) is 16.1. The van der Waals surface area contributed by atoms with Crippen LogP contribution in [0, 0.1) is 5.92 Å². The number of methoxy groups -OCH3 is 1. The first kappa shape index (κ1) is 20.1. The third kappa shape index (κ3) is 6.54. The smallest absolute Gasteiger partial charge is 0.279 e. The van der Waals surface area contributed by atoms with E-state index < -0.39 is 10.2 Å². The van der Waals surface area contributed by atoms with Crippen LogP contribution in [0.2, 0.25) is 0 Å². The summed E-state index contributed by atoms with van der Waals surface area (Å²) in [6, 6.07) is 3.59. The van der Waals surface area contributed by atoms with Crippen molar-refractivity contribution in [1.29, 1.82) is 0 Å². The van der Waals surface area contributed by atoms with Crippen LogP contribution in [0.4, 0.5) is 0 Å². The monoisotopic (exact) mass is 371 g/mol. The third-order valence-electron chi connectivity index (χ3n) is 4.53. The van der Waals surface area contributed by atoms with E-state index in [1.165, 1.54) is 24.2 Å². The molecule has 1 aromatic rings. The summed E-state index contributed by atoms with van der Waals surface area (Å²) in [4.78, 5) is 4.25. The van der Waals surface area contributed by atoms with Crippen LogP contribution in [-0.4, -0.2) is 51.1 Å². The summed E-state index contributed by atoms with van der Waals surface area (Å²) in [7, 11) is -0.473. The van der Waals surface area contributed by atoms with Crippen molar-refractivity contribution in [1.82, 2.24) is 14.0 Å². The second-order valence-electron chi connectivity index (χ2n) is 6.64. The fraction of sp³-hybridized carbons (Fsp3) is 0.706. The van der Waals surface area contributed by atoms with E-state index in [2.05, 4.69) is 16.6 Å². The van der Waals surface area contributed by atoms with Gasteiger partial charge in [0.25, 0.3) is 10.2 Å². The Balaban J connectivity index is 1.88. The largest absolute Gasteiger partial charge is 0.474 e.